The van der Waals surface area contributed by atoms with E-state index in [1.165, 1.54) is 0 Å². The fourth-order valence-electron chi connectivity index (χ4n) is 1.10. The van der Waals surface area contributed by atoms with E-state index < -0.39 is 11.9 Å². The molecule has 0 bridgehead atoms. The number of aliphatic carboxylic acids is 2. The van der Waals surface area contributed by atoms with E-state index in [4.69, 9.17) is 19.7 Å². The molecule has 3 N–H and O–H groups in total. The first-order valence-electron chi connectivity index (χ1n) is 5.92. The molecule has 0 heterocycles. The van der Waals surface area contributed by atoms with Crippen LogP contribution in [0.1, 0.15) is 19.3 Å². The Hall–Kier alpha value is -1.18. The van der Waals surface area contributed by atoms with Gasteiger partial charge in [-0.3, -0.25) is 9.59 Å². The molecule has 0 rings (SSSR count). The minimum atomic E-state index is -0.863. The molecule has 0 atom stereocenters. The van der Waals surface area contributed by atoms with Crippen molar-refractivity contribution in [1.29, 1.82) is 0 Å². The number of ether oxygens (including phenoxy) is 2. The summed E-state index contributed by atoms with van der Waals surface area (Å²) in [5, 5.41) is 19.8. The highest BCUT2D eigenvalue weighted by molar-refractivity contribution is 5.66. The lowest BCUT2D eigenvalue weighted by molar-refractivity contribution is -0.138. The molecular formula is C11H21NO6. The van der Waals surface area contributed by atoms with Gasteiger partial charge in [-0.05, 0) is 6.42 Å². The highest BCUT2D eigenvalue weighted by Crippen LogP contribution is 1.89. The van der Waals surface area contributed by atoms with Gasteiger partial charge in [-0.1, -0.05) is 0 Å². The molecule has 0 aromatic heterocycles. The Morgan fingerprint density at radius 1 is 0.833 bits per heavy atom. The lowest BCUT2D eigenvalue weighted by Gasteiger charge is -2.06. The van der Waals surface area contributed by atoms with Crippen molar-refractivity contribution >= 4 is 11.9 Å². The van der Waals surface area contributed by atoms with E-state index in [1.807, 2.05) is 0 Å². The average molecular weight is 263 g/mol. The quantitative estimate of drug-likeness (QED) is 0.400. The lowest BCUT2D eigenvalue weighted by atomic mass is 10.3. The highest BCUT2D eigenvalue weighted by atomic mass is 16.5. The van der Waals surface area contributed by atoms with Crippen molar-refractivity contribution < 1.29 is 29.3 Å². The van der Waals surface area contributed by atoms with Gasteiger partial charge in [0.2, 0.25) is 0 Å². The minimum absolute atomic E-state index is 0.0205. The van der Waals surface area contributed by atoms with Crippen LogP contribution in [0.4, 0.5) is 0 Å². The number of carboxylic acids is 2. The topological polar surface area (TPSA) is 105 Å². The fourth-order valence-corrected chi connectivity index (χ4v) is 1.10. The van der Waals surface area contributed by atoms with Crippen molar-refractivity contribution in [2.24, 2.45) is 0 Å². The average Bonchev–Trinajstić information content (AvgIpc) is 2.29. The highest BCUT2D eigenvalue weighted by Gasteiger charge is 1.97. The van der Waals surface area contributed by atoms with Crippen molar-refractivity contribution in [2.75, 3.05) is 39.5 Å². The van der Waals surface area contributed by atoms with Gasteiger partial charge >= 0.3 is 11.9 Å². The molecule has 0 spiro atoms. The van der Waals surface area contributed by atoms with Crippen molar-refractivity contribution in [3.8, 4) is 0 Å². The van der Waals surface area contributed by atoms with Crippen LogP contribution in [-0.4, -0.2) is 61.7 Å². The monoisotopic (exact) mass is 263 g/mol. The molecule has 0 amide bonds. The zero-order chi connectivity index (χ0) is 13.6. The van der Waals surface area contributed by atoms with Crippen molar-refractivity contribution in [1.82, 2.24) is 5.32 Å². The zero-order valence-corrected chi connectivity index (χ0v) is 10.4. The van der Waals surface area contributed by atoms with Crippen molar-refractivity contribution in [3.05, 3.63) is 0 Å². The van der Waals surface area contributed by atoms with Gasteiger partial charge in [0.15, 0.2) is 0 Å². The van der Waals surface area contributed by atoms with E-state index in [9.17, 15) is 9.59 Å². The maximum Gasteiger partial charge on any atom is 0.305 e. The van der Waals surface area contributed by atoms with E-state index in [2.05, 4.69) is 5.32 Å². The maximum absolute atomic E-state index is 10.2. The summed E-state index contributed by atoms with van der Waals surface area (Å²) in [5.41, 5.74) is 0. The molecule has 0 fully saturated rings. The summed E-state index contributed by atoms with van der Waals surface area (Å²) in [6, 6.07) is 0. The molecular weight excluding hydrogens is 242 g/mol. The van der Waals surface area contributed by atoms with Crippen LogP contribution >= 0.6 is 0 Å². The first-order chi connectivity index (χ1) is 8.63. The third-order valence-electron chi connectivity index (χ3n) is 1.99. The van der Waals surface area contributed by atoms with Crippen LogP contribution in [0, 0.1) is 0 Å². The number of rotatable bonds is 13. The minimum Gasteiger partial charge on any atom is -0.481 e. The predicted octanol–water partition coefficient (Wildman–Crippen LogP) is -0.0513. The zero-order valence-electron chi connectivity index (χ0n) is 10.4. The van der Waals surface area contributed by atoms with E-state index in [1.54, 1.807) is 0 Å². The Labute approximate surface area is 106 Å². The second-order valence-electron chi connectivity index (χ2n) is 3.62. The molecule has 0 unspecified atom stereocenters. The summed E-state index contributed by atoms with van der Waals surface area (Å²) in [4.78, 5) is 20.3. The third kappa shape index (κ3) is 14.8. The van der Waals surface area contributed by atoms with Gasteiger partial charge in [-0.25, -0.2) is 0 Å². The molecule has 0 aliphatic rings. The van der Waals surface area contributed by atoms with Crippen LogP contribution in [0.25, 0.3) is 0 Å². The van der Waals surface area contributed by atoms with E-state index in [-0.39, 0.29) is 19.4 Å². The molecule has 18 heavy (non-hydrogen) atoms. The number of carboxylic acid groups (broad SMARTS) is 2. The Balaban J connectivity index is 2.99. The van der Waals surface area contributed by atoms with Crippen molar-refractivity contribution in [3.63, 3.8) is 0 Å². The molecule has 0 saturated heterocycles. The van der Waals surface area contributed by atoms with Crippen LogP contribution < -0.4 is 5.32 Å². The number of hydrogen-bond donors (Lipinski definition) is 3. The van der Waals surface area contributed by atoms with Crippen molar-refractivity contribution in [2.45, 2.75) is 19.3 Å². The Morgan fingerprint density at radius 3 is 1.94 bits per heavy atom. The van der Waals surface area contributed by atoms with Crippen LogP contribution in [0.15, 0.2) is 0 Å². The molecule has 0 radical (unpaired) electrons. The maximum atomic E-state index is 10.2. The van der Waals surface area contributed by atoms with Gasteiger partial charge in [0.05, 0.1) is 26.2 Å². The molecule has 106 valence electrons. The van der Waals surface area contributed by atoms with Crippen LogP contribution in [0.2, 0.25) is 0 Å². The standard InChI is InChI=1S/C11H21NO6/c13-10(14)2-1-6-17-8-4-12-5-9-18-7-3-11(15)16/h12H,1-9H2,(H,13,14)(H,15,16). The van der Waals surface area contributed by atoms with Gasteiger partial charge in [-0.2, -0.15) is 0 Å². The summed E-state index contributed by atoms with van der Waals surface area (Å²) >= 11 is 0. The lowest BCUT2D eigenvalue weighted by Crippen LogP contribution is -2.24. The normalized spacial score (nSPS) is 10.4. The molecule has 0 aliphatic heterocycles. The summed E-state index contributed by atoms with van der Waals surface area (Å²) in [7, 11) is 0. The van der Waals surface area contributed by atoms with E-state index in [0.717, 1.165) is 0 Å². The molecule has 0 aromatic rings. The SMILES string of the molecule is O=C(O)CCCOCCNCCOCCC(=O)O. The Morgan fingerprint density at radius 2 is 1.39 bits per heavy atom. The predicted molar refractivity (Wildman–Crippen MR) is 63.6 cm³/mol. The third-order valence-corrected chi connectivity index (χ3v) is 1.99. The van der Waals surface area contributed by atoms with Gasteiger partial charge < -0.3 is 25.0 Å². The van der Waals surface area contributed by atoms with Crippen LogP contribution in [0.5, 0.6) is 0 Å². The smallest absolute Gasteiger partial charge is 0.305 e. The van der Waals surface area contributed by atoms with E-state index >= 15 is 0 Å². The first-order valence-corrected chi connectivity index (χ1v) is 5.92. The number of hydrogen-bond acceptors (Lipinski definition) is 5. The Kier molecular flexibility index (Phi) is 11.5. The summed E-state index contributed by atoms with van der Waals surface area (Å²) in [5.74, 6) is -1.67. The van der Waals surface area contributed by atoms with Crippen LogP contribution in [-0.2, 0) is 19.1 Å². The summed E-state index contributed by atoms with van der Waals surface area (Å²) < 4.78 is 10.3. The van der Waals surface area contributed by atoms with Gasteiger partial charge in [0.1, 0.15) is 0 Å². The largest absolute Gasteiger partial charge is 0.481 e. The Bertz CT molecular complexity index is 210. The molecule has 7 nitrogen and oxygen atoms in total. The molecule has 7 heteroatoms. The second-order valence-corrected chi connectivity index (χ2v) is 3.62. The van der Waals surface area contributed by atoms with E-state index in [0.29, 0.717) is 39.3 Å². The molecule has 0 aromatic carbocycles. The summed E-state index contributed by atoms with van der Waals surface area (Å²) in [6.07, 6.45) is 0.672. The fraction of sp³-hybridized carbons (Fsp3) is 0.818. The van der Waals surface area contributed by atoms with Gasteiger partial charge in [0.25, 0.3) is 0 Å². The molecule has 0 saturated carbocycles. The van der Waals surface area contributed by atoms with Gasteiger partial charge in [0, 0.05) is 26.1 Å². The second kappa shape index (κ2) is 12.3. The number of nitrogens with one attached hydrogen (secondary N) is 1. The molecule has 0 aliphatic carbocycles. The van der Waals surface area contributed by atoms with Gasteiger partial charge in [-0.15, -0.1) is 0 Å². The number of carbonyl (C=O) groups is 2. The summed E-state index contributed by atoms with van der Waals surface area (Å²) in [6.45, 7) is 2.96. The van der Waals surface area contributed by atoms with Crippen LogP contribution in [0.3, 0.4) is 0 Å². The first kappa shape index (κ1) is 16.8.